The fourth-order valence-corrected chi connectivity index (χ4v) is 1.39. The second kappa shape index (κ2) is 1.85. The molecule has 3 heterocycles. The molecule has 3 aromatic heterocycles. The molecule has 0 aliphatic rings. The van der Waals surface area contributed by atoms with Crippen LogP contribution in [0.4, 0.5) is 0 Å². The Morgan fingerprint density at radius 2 is 2.00 bits per heavy atom. The second-order valence-electron chi connectivity index (χ2n) is 2.66. The molecule has 0 saturated carbocycles. The summed E-state index contributed by atoms with van der Waals surface area (Å²) in [5.41, 5.74) is 1.97. The molecule has 0 spiro atoms. The lowest BCUT2D eigenvalue weighted by molar-refractivity contribution is 1.09. The molecule has 0 fully saturated rings. The van der Waals surface area contributed by atoms with E-state index in [9.17, 15) is 0 Å². The van der Waals surface area contributed by atoms with Crippen molar-refractivity contribution in [3.8, 4) is 0 Å². The van der Waals surface area contributed by atoms with Crippen molar-refractivity contribution in [1.29, 1.82) is 0 Å². The number of hydrogen-bond acceptors (Lipinski definition) is 2. The van der Waals surface area contributed by atoms with E-state index in [0.29, 0.717) is 0 Å². The Morgan fingerprint density at radius 1 is 1.08 bits per heavy atom. The third-order valence-corrected chi connectivity index (χ3v) is 1.97. The van der Waals surface area contributed by atoms with Gasteiger partial charge in [-0.2, -0.15) is 0 Å². The molecular weight excluding hydrogens is 152 g/mol. The molecule has 12 heavy (non-hydrogen) atoms. The molecule has 0 amide bonds. The number of nitrogens with zero attached hydrogens (tertiary/aromatic N) is 4. The Labute approximate surface area is 68.1 Å². The number of fused-ring (bicyclic) bond motifs is 3. The van der Waals surface area contributed by atoms with Crippen LogP contribution in [0, 0.1) is 0 Å². The van der Waals surface area contributed by atoms with Crippen molar-refractivity contribution < 1.29 is 0 Å². The summed E-state index contributed by atoms with van der Waals surface area (Å²) in [6.45, 7) is 0. The fourth-order valence-electron chi connectivity index (χ4n) is 1.39. The highest BCUT2D eigenvalue weighted by Crippen LogP contribution is 2.09. The first kappa shape index (κ1) is 5.77. The quantitative estimate of drug-likeness (QED) is 0.488. The van der Waals surface area contributed by atoms with Gasteiger partial charge in [-0.1, -0.05) is 0 Å². The van der Waals surface area contributed by atoms with E-state index in [-0.39, 0.29) is 0 Å². The Balaban J connectivity index is 2.71. The van der Waals surface area contributed by atoms with Crippen LogP contribution in [0.5, 0.6) is 0 Å². The third kappa shape index (κ3) is 0.567. The van der Waals surface area contributed by atoms with Gasteiger partial charge in [-0.3, -0.25) is 4.40 Å². The predicted octanol–water partition coefficient (Wildman–Crippen LogP) is 0.982. The molecular formula is C8H6N4. The Kier molecular flexibility index (Phi) is 0.889. The minimum atomic E-state index is 0.891. The van der Waals surface area contributed by atoms with E-state index in [1.165, 1.54) is 0 Å². The van der Waals surface area contributed by atoms with Gasteiger partial charge >= 0.3 is 0 Å². The molecule has 3 aromatic rings. The highest BCUT2D eigenvalue weighted by atomic mass is 15.2. The Hall–Kier alpha value is -1.84. The lowest BCUT2D eigenvalue weighted by Gasteiger charge is -1.94. The zero-order valence-corrected chi connectivity index (χ0v) is 6.25. The minimum Gasteiger partial charge on any atom is -0.319 e. The van der Waals surface area contributed by atoms with Crippen LogP contribution in [0.15, 0.2) is 37.1 Å². The number of aromatic nitrogens is 4. The maximum absolute atomic E-state index is 4.01. The highest BCUT2D eigenvalue weighted by Gasteiger charge is 1.99. The summed E-state index contributed by atoms with van der Waals surface area (Å²) in [5, 5.41) is 7.84. The van der Waals surface area contributed by atoms with Crippen molar-refractivity contribution in [3.05, 3.63) is 37.1 Å². The molecule has 0 aliphatic heterocycles. The van der Waals surface area contributed by atoms with E-state index in [2.05, 4.69) is 10.2 Å². The second-order valence-corrected chi connectivity index (χ2v) is 2.66. The zero-order valence-electron chi connectivity index (χ0n) is 6.25. The first-order valence-corrected chi connectivity index (χ1v) is 3.70. The van der Waals surface area contributed by atoms with Gasteiger partial charge in [0.1, 0.15) is 6.33 Å². The number of hydrogen-bond donors (Lipinski definition) is 0. The maximum atomic E-state index is 4.01. The smallest absolute Gasteiger partial charge is 0.184 e. The third-order valence-electron chi connectivity index (χ3n) is 1.97. The molecule has 0 aromatic carbocycles. The van der Waals surface area contributed by atoms with Crippen molar-refractivity contribution in [1.82, 2.24) is 19.0 Å². The van der Waals surface area contributed by atoms with Gasteiger partial charge < -0.3 is 4.40 Å². The lowest BCUT2D eigenvalue weighted by atomic mass is 10.5. The molecule has 58 valence electrons. The molecule has 3 rings (SSSR count). The van der Waals surface area contributed by atoms with Crippen LogP contribution in [0.2, 0.25) is 0 Å². The van der Waals surface area contributed by atoms with Crippen LogP contribution in [0.1, 0.15) is 0 Å². The monoisotopic (exact) mass is 158 g/mol. The van der Waals surface area contributed by atoms with Gasteiger partial charge in [0.15, 0.2) is 5.65 Å². The maximum Gasteiger partial charge on any atom is 0.184 e. The van der Waals surface area contributed by atoms with Gasteiger partial charge in [0.25, 0.3) is 0 Å². The fraction of sp³-hybridized carbons (Fsp3) is 0. The van der Waals surface area contributed by atoms with Gasteiger partial charge in [-0.15, -0.1) is 10.2 Å². The van der Waals surface area contributed by atoms with Gasteiger partial charge in [-0.05, 0) is 12.1 Å². The normalized spacial score (nSPS) is 11.3. The molecule has 0 N–H and O–H groups in total. The summed E-state index contributed by atoms with van der Waals surface area (Å²) in [4.78, 5) is 0. The van der Waals surface area contributed by atoms with E-state index in [0.717, 1.165) is 11.2 Å². The predicted molar refractivity (Wildman–Crippen MR) is 43.9 cm³/mol. The van der Waals surface area contributed by atoms with E-state index >= 15 is 0 Å². The van der Waals surface area contributed by atoms with Crippen LogP contribution in [0.25, 0.3) is 11.2 Å². The van der Waals surface area contributed by atoms with E-state index < -0.39 is 0 Å². The first-order valence-electron chi connectivity index (χ1n) is 3.70. The van der Waals surface area contributed by atoms with Gasteiger partial charge in [-0.25, -0.2) is 0 Å². The van der Waals surface area contributed by atoms with Gasteiger partial charge in [0.2, 0.25) is 0 Å². The van der Waals surface area contributed by atoms with Crippen molar-refractivity contribution in [2.45, 2.75) is 0 Å². The van der Waals surface area contributed by atoms with Crippen LogP contribution in [-0.2, 0) is 0 Å². The van der Waals surface area contributed by atoms with E-state index in [4.69, 9.17) is 0 Å². The van der Waals surface area contributed by atoms with E-state index in [1.54, 1.807) is 6.33 Å². The molecule has 0 radical (unpaired) electrons. The summed E-state index contributed by atoms with van der Waals surface area (Å²) in [6, 6.07) is 4.01. The molecule has 0 aliphatic carbocycles. The molecule has 0 atom stereocenters. The minimum absolute atomic E-state index is 0.891. The Bertz CT molecular complexity index is 484. The average Bonchev–Trinajstić information content (AvgIpc) is 2.71. The molecule has 4 heteroatoms. The summed E-state index contributed by atoms with van der Waals surface area (Å²) >= 11 is 0. The van der Waals surface area contributed by atoms with E-state index in [1.807, 2.05) is 39.5 Å². The van der Waals surface area contributed by atoms with Crippen molar-refractivity contribution in [3.63, 3.8) is 0 Å². The molecule has 0 saturated heterocycles. The lowest BCUT2D eigenvalue weighted by Crippen LogP contribution is -1.88. The van der Waals surface area contributed by atoms with Crippen molar-refractivity contribution in [2.24, 2.45) is 0 Å². The summed E-state index contributed by atoms with van der Waals surface area (Å²) in [6.07, 6.45) is 7.60. The summed E-state index contributed by atoms with van der Waals surface area (Å²) < 4.78 is 3.92. The first-order chi connectivity index (χ1) is 5.95. The van der Waals surface area contributed by atoms with Gasteiger partial charge in [0.05, 0.1) is 5.52 Å². The summed E-state index contributed by atoms with van der Waals surface area (Å²) in [7, 11) is 0. The molecule has 0 bridgehead atoms. The molecule has 4 nitrogen and oxygen atoms in total. The van der Waals surface area contributed by atoms with Crippen molar-refractivity contribution >= 4 is 11.2 Å². The average molecular weight is 158 g/mol. The Morgan fingerprint density at radius 3 is 3.00 bits per heavy atom. The number of rotatable bonds is 0. The molecule has 0 unspecified atom stereocenters. The zero-order chi connectivity index (χ0) is 7.97. The van der Waals surface area contributed by atoms with Crippen LogP contribution in [-0.4, -0.2) is 19.0 Å². The van der Waals surface area contributed by atoms with Crippen LogP contribution < -0.4 is 0 Å². The standard InChI is InChI=1S/C8H6N4/c1-2-7-8-10-9-6-12(8)5-4-11(7)3-1/h1-6H. The van der Waals surface area contributed by atoms with Crippen LogP contribution in [0.3, 0.4) is 0 Å². The van der Waals surface area contributed by atoms with Gasteiger partial charge in [0, 0.05) is 18.6 Å². The van der Waals surface area contributed by atoms with Crippen molar-refractivity contribution in [2.75, 3.05) is 0 Å². The summed E-state index contributed by atoms with van der Waals surface area (Å²) in [5.74, 6) is 0. The SMILES string of the molecule is c1cc2c3nncn3ccn2c1. The largest absolute Gasteiger partial charge is 0.319 e. The van der Waals surface area contributed by atoms with Crippen LogP contribution >= 0.6 is 0 Å². The topological polar surface area (TPSA) is 34.6 Å². The highest BCUT2D eigenvalue weighted by molar-refractivity contribution is 5.70.